The van der Waals surface area contributed by atoms with E-state index in [4.69, 9.17) is 5.84 Å². The number of hydrazine groups is 1. The number of nitrogens with zero attached hydrogens (tertiary/aromatic N) is 3. The van der Waals surface area contributed by atoms with E-state index in [9.17, 15) is 0 Å². The molecule has 0 saturated heterocycles. The molecule has 0 aliphatic heterocycles. The molecule has 0 atom stereocenters. The van der Waals surface area contributed by atoms with Crippen molar-refractivity contribution in [2.45, 2.75) is 39.7 Å². The summed E-state index contributed by atoms with van der Waals surface area (Å²) in [7, 11) is 2.06. The molecule has 0 fully saturated rings. The minimum atomic E-state index is 0.457. The molecule has 0 bridgehead atoms. The third kappa shape index (κ3) is 2.61. The number of rotatable bonds is 5. The molecule has 1 heterocycles. The van der Waals surface area contributed by atoms with Crippen LogP contribution in [0.2, 0.25) is 0 Å². The quantitative estimate of drug-likeness (QED) is 0.587. The van der Waals surface area contributed by atoms with E-state index in [-0.39, 0.29) is 0 Å². The summed E-state index contributed by atoms with van der Waals surface area (Å²) in [5, 5.41) is 0. The Labute approximate surface area is 97.0 Å². The summed E-state index contributed by atoms with van der Waals surface area (Å²) in [5.74, 6) is 6.71. The van der Waals surface area contributed by atoms with Gasteiger partial charge in [0.05, 0.1) is 0 Å². The van der Waals surface area contributed by atoms with Crippen molar-refractivity contribution in [2.24, 2.45) is 5.84 Å². The second-order valence-corrected chi connectivity index (χ2v) is 3.93. The van der Waals surface area contributed by atoms with Gasteiger partial charge in [-0.3, -0.25) is 5.43 Å². The van der Waals surface area contributed by atoms with Gasteiger partial charge in [0.2, 0.25) is 5.95 Å². The predicted molar refractivity (Wildman–Crippen MR) is 67.4 cm³/mol. The molecule has 3 N–H and O–H groups in total. The van der Waals surface area contributed by atoms with Crippen LogP contribution < -0.4 is 16.2 Å². The monoisotopic (exact) mass is 223 g/mol. The maximum Gasteiger partial charge on any atom is 0.239 e. The first-order valence-corrected chi connectivity index (χ1v) is 5.67. The van der Waals surface area contributed by atoms with Crippen molar-refractivity contribution in [3.05, 3.63) is 11.8 Å². The van der Waals surface area contributed by atoms with Crippen molar-refractivity contribution in [1.29, 1.82) is 0 Å². The Morgan fingerprint density at radius 1 is 1.44 bits per heavy atom. The number of anilines is 2. The van der Waals surface area contributed by atoms with Crippen LogP contribution in [-0.4, -0.2) is 23.1 Å². The zero-order chi connectivity index (χ0) is 12.1. The molecule has 0 aliphatic rings. The van der Waals surface area contributed by atoms with Gasteiger partial charge in [-0.2, -0.15) is 4.98 Å². The summed E-state index contributed by atoms with van der Waals surface area (Å²) in [4.78, 5) is 10.7. The van der Waals surface area contributed by atoms with Crippen molar-refractivity contribution in [3.8, 4) is 0 Å². The number of aromatic nitrogens is 2. The first-order chi connectivity index (χ1) is 7.63. The van der Waals surface area contributed by atoms with Gasteiger partial charge in [0.25, 0.3) is 0 Å². The first kappa shape index (κ1) is 12.7. The Balaban J connectivity index is 3.01. The zero-order valence-electron chi connectivity index (χ0n) is 10.5. The molecule has 1 aromatic heterocycles. The maximum atomic E-state index is 5.32. The molecule has 0 spiro atoms. The normalized spacial score (nSPS) is 10.6. The van der Waals surface area contributed by atoms with E-state index in [0.29, 0.717) is 12.0 Å². The number of nitrogens with two attached hydrogens (primary N) is 1. The minimum Gasteiger partial charge on any atom is -0.356 e. The van der Waals surface area contributed by atoms with Crippen LogP contribution >= 0.6 is 0 Å². The number of aryl methyl sites for hydroxylation is 1. The summed E-state index contributed by atoms with van der Waals surface area (Å²) >= 11 is 0. The van der Waals surface area contributed by atoms with Gasteiger partial charge in [0.1, 0.15) is 5.82 Å². The lowest BCUT2D eigenvalue weighted by atomic mass is 10.1. The van der Waals surface area contributed by atoms with Gasteiger partial charge >= 0.3 is 0 Å². The highest BCUT2D eigenvalue weighted by Crippen LogP contribution is 2.20. The number of nitrogen functional groups attached to an aromatic ring is 1. The molecule has 0 radical (unpaired) electrons. The molecular formula is C11H21N5. The van der Waals surface area contributed by atoms with E-state index in [1.807, 2.05) is 6.92 Å². The second kappa shape index (κ2) is 5.65. The summed E-state index contributed by atoms with van der Waals surface area (Å²) in [6, 6.07) is 0.499. The van der Waals surface area contributed by atoms with Crippen LogP contribution in [0.25, 0.3) is 0 Å². The van der Waals surface area contributed by atoms with Crippen LogP contribution in [0.15, 0.2) is 6.20 Å². The van der Waals surface area contributed by atoms with Gasteiger partial charge in [-0.25, -0.2) is 10.8 Å². The average Bonchev–Trinajstić information content (AvgIpc) is 2.31. The van der Waals surface area contributed by atoms with Crippen LogP contribution in [0.5, 0.6) is 0 Å². The lowest BCUT2D eigenvalue weighted by molar-refractivity contribution is 0.585. The summed E-state index contributed by atoms with van der Waals surface area (Å²) in [6.07, 6.45) is 3.99. The molecular weight excluding hydrogens is 202 g/mol. The fourth-order valence-corrected chi connectivity index (χ4v) is 1.87. The second-order valence-electron chi connectivity index (χ2n) is 3.93. The summed E-state index contributed by atoms with van der Waals surface area (Å²) in [6.45, 7) is 6.38. The maximum absolute atomic E-state index is 5.32. The third-order valence-electron chi connectivity index (χ3n) is 2.90. The van der Waals surface area contributed by atoms with E-state index < -0.39 is 0 Å². The van der Waals surface area contributed by atoms with Crippen molar-refractivity contribution in [3.63, 3.8) is 0 Å². The van der Waals surface area contributed by atoms with E-state index >= 15 is 0 Å². The first-order valence-electron chi connectivity index (χ1n) is 5.67. The average molecular weight is 223 g/mol. The van der Waals surface area contributed by atoms with Crippen LogP contribution in [0, 0.1) is 6.92 Å². The molecule has 5 nitrogen and oxygen atoms in total. The summed E-state index contributed by atoms with van der Waals surface area (Å²) < 4.78 is 0. The molecule has 16 heavy (non-hydrogen) atoms. The fraction of sp³-hybridized carbons (Fsp3) is 0.636. The molecule has 90 valence electrons. The van der Waals surface area contributed by atoms with E-state index in [0.717, 1.165) is 24.2 Å². The highest BCUT2D eigenvalue weighted by atomic mass is 15.3. The molecule has 0 amide bonds. The number of hydrogen-bond donors (Lipinski definition) is 2. The Bertz CT molecular complexity index is 335. The smallest absolute Gasteiger partial charge is 0.239 e. The molecule has 0 saturated carbocycles. The van der Waals surface area contributed by atoms with Crippen LogP contribution in [-0.2, 0) is 0 Å². The highest BCUT2D eigenvalue weighted by molar-refractivity contribution is 5.48. The fourth-order valence-electron chi connectivity index (χ4n) is 1.87. The van der Waals surface area contributed by atoms with Crippen LogP contribution in [0.1, 0.15) is 32.3 Å². The minimum absolute atomic E-state index is 0.457. The Morgan fingerprint density at radius 3 is 2.56 bits per heavy atom. The van der Waals surface area contributed by atoms with E-state index in [1.165, 1.54) is 0 Å². The molecule has 0 aromatic carbocycles. The Morgan fingerprint density at radius 2 is 2.06 bits per heavy atom. The molecule has 0 unspecified atom stereocenters. The summed E-state index contributed by atoms with van der Waals surface area (Å²) in [5.41, 5.74) is 3.54. The zero-order valence-corrected chi connectivity index (χ0v) is 10.5. The van der Waals surface area contributed by atoms with Crippen molar-refractivity contribution in [1.82, 2.24) is 9.97 Å². The largest absolute Gasteiger partial charge is 0.356 e. The number of hydrogen-bond acceptors (Lipinski definition) is 5. The van der Waals surface area contributed by atoms with E-state index in [1.54, 1.807) is 6.20 Å². The third-order valence-corrected chi connectivity index (χ3v) is 2.90. The van der Waals surface area contributed by atoms with E-state index in [2.05, 4.69) is 41.2 Å². The lowest BCUT2D eigenvalue weighted by Crippen LogP contribution is -2.32. The van der Waals surface area contributed by atoms with Gasteiger partial charge < -0.3 is 4.90 Å². The van der Waals surface area contributed by atoms with Crippen LogP contribution in [0.4, 0.5) is 11.8 Å². The topological polar surface area (TPSA) is 67.1 Å². The molecule has 5 heteroatoms. The predicted octanol–water partition coefficient (Wildman–Crippen LogP) is 1.70. The van der Waals surface area contributed by atoms with Gasteiger partial charge in [0, 0.05) is 24.8 Å². The highest BCUT2D eigenvalue weighted by Gasteiger charge is 2.15. The van der Waals surface area contributed by atoms with Crippen molar-refractivity contribution >= 4 is 11.8 Å². The van der Waals surface area contributed by atoms with Crippen LogP contribution in [0.3, 0.4) is 0 Å². The van der Waals surface area contributed by atoms with Crippen molar-refractivity contribution in [2.75, 3.05) is 17.4 Å². The molecule has 1 aromatic rings. The van der Waals surface area contributed by atoms with Crippen molar-refractivity contribution < 1.29 is 0 Å². The Hall–Kier alpha value is -1.36. The standard InChI is InChI=1S/C11H21N5/c1-5-9(6-2)16(4)10-8(3)7-13-11(14-10)15-12/h7,9H,5-6,12H2,1-4H3,(H,13,14,15). The van der Waals surface area contributed by atoms with Gasteiger partial charge in [0.15, 0.2) is 0 Å². The van der Waals surface area contributed by atoms with Gasteiger partial charge in [-0.15, -0.1) is 0 Å². The van der Waals surface area contributed by atoms with Gasteiger partial charge in [-0.05, 0) is 19.8 Å². The van der Waals surface area contributed by atoms with Gasteiger partial charge in [-0.1, -0.05) is 13.8 Å². The number of nitrogens with one attached hydrogen (secondary N) is 1. The molecule has 0 aliphatic carbocycles. The molecule has 1 rings (SSSR count). The Kier molecular flexibility index (Phi) is 4.49. The lowest BCUT2D eigenvalue weighted by Gasteiger charge is -2.28. The SMILES string of the molecule is CCC(CC)N(C)c1nc(NN)ncc1C.